The summed E-state index contributed by atoms with van der Waals surface area (Å²) >= 11 is 0. The van der Waals surface area contributed by atoms with Gasteiger partial charge in [0.25, 0.3) is 0 Å². The summed E-state index contributed by atoms with van der Waals surface area (Å²) in [4.78, 5) is 0. The Morgan fingerprint density at radius 1 is 1.04 bits per heavy atom. The Bertz CT molecular complexity index is 577. The van der Waals surface area contributed by atoms with Crippen LogP contribution in [0.5, 0.6) is 0 Å². The molecule has 0 aromatic carbocycles. The SMILES string of the molecule is CC(C)CCC[C@@H](C)[C@H]1CCC2[C@@H]3CC=C4CCCCC4=C3CC[C@@]21C. The third kappa shape index (κ3) is 3.24. The maximum absolute atomic E-state index is 2.70. The molecule has 0 N–H and O–H groups in total. The molecule has 0 aliphatic heterocycles. The monoisotopic (exact) mass is 354 g/mol. The highest BCUT2D eigenvalue weighted by molar-refractivity contribution is 5.43. The molecule has 0 aromatic heterocycles. The molecular weight excluding hydrogens is 312 g/mol. The van der Waals surface area contributed by atoms with E-state index >= 15 is 0 Å². The van der Waals surface area contributed by atoms with Gasteiger partial charge in [-0.25, -0.2) is 0 Å². The average Bonchev–Trinajstić information content (AvgIpc) is 2.98. The van der Waals surface area contributed by atoms with Crippen molar-refractivity contribution < 1.29 is 0 Å². The van der Waals surface area contributed by atoms with Crippen molar-refractivity contribution in [2.45, 2.75) is 105 Å². The second-order valence-electron chi connectivity index (χ2n) is 10.9. The zero-order valence-electron chi connectivity index (χ0n) is 17.9. The van der Waals surface area contributed by atoms with Crippen molar-refractivity contribution in [1.29, 1.82) is 0 Å². The zero-order valence-corrected chi connectivity index (χ0v) is 17.9. The Labute approximate surface area is 162 Å². The van der Waals surface area contributed by atoms with Gasteiger partial charge in [-0.15, -0.1) is 0 Å². The van der Waals surface area contributed by atoms with Crippen LogP contribution in [0.25, 0.3) is 0 Å². The van der Waals surface area contributed by atoms with Gasteiger partial charge < -0.3 is 0 Å². The van der Waals surface area contributed by atoms with E-state index in [1.807, 2.05) is 11.1 Å². The molecule has 0 saturated heterocycles. The third-order valence-corrected chi connectivity index (χ3v) is 8.99. The van der Waals surface area contributed by atoms with Gasteiger partial charge in [0, 0.05) is 0 Å². The first-order chi connectivity index (χ1) is 12.5. The third-order valence-electron chi connectivity index (χ3n) is 8.99. The van der Waals surface area contributed by atoms with E-state index < -0.39 is 0 Å². The molecular formula is C26H42. The summed E-state index contributed by atoms with van der Waals surface area (Å²) in [6.07, 6.45) is 20.0. The van der Waals surface area contributed by atoms with Crippen molar-refractivity contribution in [2.24, 2.45) is 35.0 Å². The average molecular weight is 355 g/mol. The van der Waals surface area contributed by atoms with Crippen molar-refractivity contribution >= 4 is 0 Å². The Morgan fingerprint density at radius 3 is 2.65 bits per heavy atom. The summed E-state index contributed by atoms with van der Waals surface area (Å²) in [6, 6.07) is 0. The van der Waals surface area contributed by atoms with E-state index in [9.17, 15) is 0 Å². The van der Waals surface area contributed by atoms with Gasteiger partial charge in [0.2, 0.25) is 0 Å². The molecule has 3 saturated carbocycles. The van der Waals surface area contributed by atoms with Crippen LogP contribution in [0.3, 0.4) is 0 Å². The number of hydrogen-bond donors (Lipinski definition) is 0. The van der Waals surface area contributed by atoms with Gasteiger partial charge in [0.05, 0.1) is 0 Å². The van der Waals surface area contributed by atoms with Crippen LogP contribution in [0.15, 0.2) is 22.8 Å². The molecule has 4 aliphatic rings. The van der Waals surface area contributed by atoms with Gasteiger partial charge in [-0.1, -0.05) is 58.6 Å². The first-order valence-corrected chi connectivity index (χ1v) is 11.9. The molecule has 4 rings (SSSR count). The largest absolute Gasteiger partial charge is 0.0804 e. The fourth-order valence-corrected chi connectivity index (χ4v) is 7.61. The first-order valence-electron chi connectivity index (χ1n) is 11.9. The van der Waals surface area contributed by atoms with Crippen LogP contribution < -0.4 is 0 Å². The minimum Gasteiger partial charge on any atom is -0.0804 e. The summed E-state index contributed by atoms with van der Waals surface area (Å²) in [5.41, 5.74) is 6.19. The second kappa shape index (κ2) is 7.48. The molecule has 0 amide bonds. The van der Waals surface area contributed by atoms with E-state index in [-0.39, 0.29) is 0 Å². The van der Waals surface area contributed by atoms with E-state index in [4.69, 9.17) is 0 Å². The summed E-state index contributed by atoms with van der Waals surface area (Å²) in [5, 5.41) is 0. The molecule has 0 nitrogen and oxygen atoms in total. The Hall–Kier alpha value is -0.520. The molecule has 0 spiro atoms. The molecule has 0 heterocycles. The molecule has 0 radical (unpaired) electrons. The van der Waals surface area contributed by atoms with Crippen molar-refractivity contribution in [3.8, 4) is 0 Å². The zero-order chi connectivity index (χ0) is 18.3. The lowest BCUT2D eigenvalue weighted by Gasteiger charge is -2.50. The van der Waals surface area contributed by atoms with Crippen molar-refractivity contribution in [3.05, 3.63) is 22.8 Å². The van der Waals surface area contributed by atoms with E-state index in [0.29, 0.717) is 5.41 Å². The van der Waals surface area contributed by atoms with Crippen molar-refractivity contribution in [2.75, 3.05) is 0 Å². The molecule has 5 atom stereocenters. The molecule has 0 bridgehead atoms. The first kappa shape index (κ1) is 18.8. The molecule has 146 valence electrons. The van der Waals surface area contributed by atoms with Gasteiger partial charge in [-0.05, 0) is 104 Å². The smallest absolute Gasteiger partial charge is 0.0129 e. The predicted molar refractivity (Wildman–Crippen MR) is 113 cm³/mol. The Morgan fingerprint density at radius 2 is 1.85 bits per heavy atom. The van der Waals surface area contributed by atoms with Crippen LogP contribution in [0.1, 0.15) is 105 Å². The van der Waals surface area contributed by atoms with Crippen LogP contribution in [0.4, 0.5) is 0 Å². The summed E-state index contributed by atoms with van der Waals surface area (Å²) in [5.74, 6) is 4.69. The molecule has 1 unspecified atom stereocenters. The van der Waals surface area contributed by atoms with Crippen molar-refractivity contribution in [1.82, 2.24) is 0 Å². The van der Waals surface area contributed by atoms with E-state index in [2.05, 4.69) is 33.8 Å². The topological polar surface area (TPSA) is 0 Å². The highest BCUT2D eigenvalue weighted by Gasteiger charge is 2.54. The minimum atomic E-state index is 0.631. The number of hydrogen-bond acceptors (Lipinski definition) is 0. The van der Waals surface area contributed by atoms with Crippen LogP contribution >= 0.6 is 0 Å². The summed E-state index contributed by atoms with van der Waals surface area (Å²) in [6.45, 7) is 10.1. The molecule has 0 heteroatoms. The normalized spacial score (nSPS) is 37.9. The summed E-state index contributed by atoms with van der Waals surface area (Å²) < 4.78 is 0. The predicted octanol–water partition coefficient (Wildman–Crippen LogP) is 8.09. The molecule has 26 heavy (non-hydrogen) atoms. The lowest BCUT2D eigenvalue weighted by atomic mass is 9.55. The van der Waals surface area contributed by atoms with Gasteiger partial charge in [-0.3, -0.25) is 0 Å². The Balaban J connectivity index is 1.48. The van der Waals surface area contributed by atoms with Gasteiger partial charge in [0.1, 0.15) is 0 Å². The van der Waals surface area contributed by atoms with E-state index in [0.717, 1.165) is 29.6 Å². The van der Waals surface area contributed by atoms with Crippen LogP contribution in [-0.2, 0) is 0 Å². The van der Waals surface area contributed by atoms with Gasteiger partial charge >= 0.3 is 0 Å². The highest BCUT2D eigenvalue weighted by atomic mass is 14.6. The van der Waals surface area contributed by atoms with Gasteiger partial charge in [0.15, 0.2) is 0 Å². The number of rotatable bonds is 5. The fourth-order valence-electron chi connectivity index (χ4n) is 7.61. The lowest BCUT2D eigenvalue weighted by Crippen LogP contribution is -2.41. The Kier molecular flexibility index (Phi) is 5.42. The molecule has 3 fully saturated rings. The highest BCUT2D eigenvalue weighted by Crippen LogP contribution is 2.63. The maximum Gasteiger partial charge on any atom is -0.0129 e. The van der Waals surface area contributed by atoms with E-state index in [1.165, 1.54) is 77.0 Å². The fraction of sp³-hybridized carbons (Fsp3) is 0.846. The van der Waals surface area contributed by atoms with Gasteiger partial charge in [-0.2, -0.15) is 0 Å². The maximum atomic E-state index is 2.70. The standard InChI is InChI=1S/C26H42/c1-18(2)8-7-9-19(3)24-14-15-25-23-13-12-20-10-5-6-11-21(20)22(23)16-17-26(24,25)4/h12,18-19,23-25H,5-11,13-17H2,1-4H3/t19-,23-,24-,25?,26-/m1/s1. The number of fused-ring (bicyclic) bond motifs is 4. The second-order valence-corrected chi connectivity index (χ2v) is 10.9. The number of allylic oxidation sites excluding steroid dienone is 4. The lowest BCUT2D eigenvalue weighted by molar-refractivity contribution is 0.0519. The quantitative estimate of drug-likeness (QED) is 0.468. The van der Waals surface area contributed by atoms with Crippen molar-refractivity contribution in [3.63, 3.8) is 0 Å². The van der Waals surface area contributed by atoms with E-state index in [1.54, 1.807) is 5.57 Å². The van der Waals surface area contributed by atoms with Crippen LogP contribution in [0.2, 0.25) is 0 Å². The minimum absolute atomic E-state index is 0.631. The summed E-state index contributed by atoms with van der Waals surface area (Å²) in [7, 11) is 0. The molecule has 0 aromatic rings. The van der Waals surface area contributed by atoms with Crippen LogP contribution in [-0.4, -0.2) is 0 Å². The molecule has 4 aliphatic carbocycles. The van der Waals surface area contributed by atoms with Crippen LogP contribution in [0, 0.1) is 35.0 Å².